The van der Waals surface area contributed by atoms with Crippen LogP contribution in [0.2, 0.25) is 0 Å². The molecule has 0 spiro atoms. The monoisotopic (exact) mass is 344 g/mol. The van der Waals surface area contributed by atoms with Crippen molar-refractivity contribution in [3.05, 3.63) is 35.4 Å². The summed E-state index contributed by atoms with van der Waals surface area (Å²) in [5, 5.41) is 0. The van der Waals surface area contributed by atoms with Crippen LogP contribution in [-0.2, 0) is 12.8 Å². The van der Waals surface area contributed by atoms with E-state index in [0.717, 1.165) is 24.6 Å². The highest BCUT2D eigenvalue weighted by molar-refractivity contribution is 5.15. The third kappa shape index (κ3) is 9.18. The average Bonchev–Trinajstić information content (AvgIpc) is 2.59. The summed E-state index contributed by atoms with van der Waals surface area (Å²) in [6.07, 6.45) is 16.4. The minimum atomic E-state index is 0.699. The van der Waals surface area contributed by atoms with Crippen molar-refractivity contribution >= 4 is 0 Å². The van der Waals surface area contributed by atoms with E-state index in [9.17, 15) is 0 Å². The number of unbranched alkanes of at least 4 members (excludes halogenated alkanes) is 1. The van der Waals surface area contributed by atoms with Gasteiger partial charge in [0.05, 0.1) is 0 Å². The number of nitrogens with zero attached hydrogens (tertiary/aromatic N) is 2. The van der Waals surface area contributed by atoms with E-state index in [0.29, 0.717) is 5.92 Å². The molecule has 2 heteroatoms. The van der Waals surface area contributed by atoms with Gasteiger partial charge in [0.25, 0.3) is 0 Å². The molecule has 0 aliphatic carbocycles. The van der Waals surface area contributed by atoms with Crippen LogP contribution in [0.5, 0.6) is 0 Å². The highest BCUT2D eigenvalue weighted by atomic mass is 14.9. The summed E-state index contributed by atoms with van der Waals surface area (Å²) >= 11 is 0. The van der Waals surface area contributed by atoms with Gasteiger partial charge in [-0.05, 0) is 56.4 Å². The molecule has 0 radical (unpaired) electrons. The average molecular weight is 345 g/mol. The molecular formula is C23H40N2. The standard InChI is InChI=1S/C23H40N2/c1-6-9-15-22-16-17-24-23(25-22)18-21(14-10-13-19(4)5)20(11-7-2)12-8-3/h14,16-17,19-20H,6-13,15,18H2,1-5H3/b21-14-. The Bertz CT molecular complexity index is 485. The first-order valence-corrected chi connectivity index (χ1v) is 10.6. The van der Waals surface area contributed by atoms with Crippen LogP contribution in [0.1, 0.15) is 97.5 Å². The van der Waals surface area contributed by atoms with Gasteiger partial charge in [-0.25, -0.2) is 9.97 Å². The minimum absolute atomic E-state index is 0.699. The number of hydrogen-bond donors (Lipinski definition) is 0. The second kappa shape index (κ2) is 13.1. The molecular weight excluding hydrogens is 304 g/mol. The zero-order valence-electron chi connectivity index (χ0n) is 17.4. The third-order valence-electron chi connectivity index (χ3n) is 4.86. The summed E-state index contributed by atoms with van der Waals surface area (Å²) in [6.45, 7) is 11.5. The van der Waals surface area contributed by atoms with Crippen LogP contribution < -0.4 is 0 Å². The first kappa shape index (κ1) is 21.9. The molecule has 1 rings (SSSR count). The van der Waals surface area contributed by atoms with Gasteiger partial charge in [-0.15, -0.1) is 0 Å². The van der Waals surface area contributed by atoms with Crippen LogP contribution in [0.15, 0.2) is 23.9 Å². The van der Waals surface area contributed by atoms with Gasteiger partial charge in [-0.2, -0.15) is 0 Å². The largest absolute Gasteiger partial charge is 0.241 e. The molecule has 0 fully saturated rings. The van der Waals surface area contributed by atoms with Gasteiger partial charge in [-0.1, -0.05) is 65.5 Å². The summed E-state index contributed by atoms with van der Waals surface area (Å²) in [5.74, 6) is 2.48. The van der Waals surface area contributed by atoms with E-state index in [1.807, 2.05) is 6.20 Å². The minimum Gasteiger partial charge on any atom is -0.241 e. The van der Waals surface area contributed by atoms with Crippen LogP contribution >= 0.6 is 0 Å². The zero-order chi connectivity index (χ0) is 18.5. The fraction of sp³-hybridized carbons (Fsp3) is 0.739. The summed E-state index contributed by atoms with van der Waals surface area (Å²) < 4.78 is 0. The van der Waals surface area contributed by atoms with Gasteiger partial charge >= 0.3 is 0 Å². The summed E-state index contributed by atoms with van der Waals surface area (Å²) in [6, 6.07) is 2.08. The van der Waals surface area contributed by atoms with Gasteiger partial charge in [-0.3, -0.25) is 0 Å². The second-order valence-corrected chi connectivity index (χ2v) is 7.77. The molecule has 0 bridgehead atoms. The maximum Gasteiger partial charge on any atom is 0.132 e. The Morgan fingerprint density at radius 2 is 1.76 bits per heavy atom. The van der Waals surface area contributed by atoms with Crippen LogP contribution in [0.3, 0.4) is 0 Å². The van der Waals surface area contributed by atoms with Crippen molar-refractivity contribution in [3.8, 4) is 0 Å². The lowest BCUT2D eigenvalue weighted by molar-refractivity contribution is 0.488. The Morgan fingerprint density at radius 1 is 1.04 bits per heavy atom. The molecule has 0 N–H and O–H groups in total. The van der Waals surface area contributed by atoms with E-state index in [-0.39, 0.29) is 0 Å². The van der Waals surface area contributed by atoms with Crippen LogP contribution in [-0.4, -0.2) is 9.97 Å². The SMILES string of the molecule is CCCCc1ccnc(C/C(=C/CCC(C)C)C(CCC)CCC)n1. The fourth-order valence-corrected chi connectivity index (χ4v) is 3.40. The fourth-order valence-electron chi connectivity index (χ4n) is 3.40. The molecule has 0 amide bonds. The number of hydrogen-bond acceptors (Lipinski definition) is 2. The van der Waals surface area contributed by atoms with Gasteiger partial charge in [0, 0.05) is 18.3 Å². The highest BCUT2D eigenvalue weighted by Crippen LogP contribution is 2.26. The van der Waals surface area contributed by atoms with Gasteiger partial charge in [0.15, 0.2) is 0 Å². The molecule has 1 aromatic heterocycles. The van der Waals surface area contributed by atoms with Crippen molar-refractivity contribution in [1.82, 2.24) is 9.97 Å². The highest BCUT2D eigenvalue weighted by Gasteiger charge is 2.15. The Balaban J connectivity index is 2.90. The van der Waals surface area contributed by atoms with E-state index >= 15 is 0 Å². The van der Waals surface area contributed by atoms with Gasteiger partial charge in [0.2, 0.25) is 0 Å². The van der Waals surface area contributed by atoms with Gasteiger partial charge in [0.1, 0.15) is 5.82 Å². The van der Waals surface area contributed by atoms with Crippen molar-refractivity contribution < 1.29 is 0 Å². The molecule has 0 saturated carbocycles. The number of aromatic nitrogens is 2. The topological polar surface area (TPSA) is 25.8 Å². The molecule has 0 aromatic carbocycles. The Morgan fingerprint density at radius 3 is 2.36 bits per heavy atom. The maximum atomic E-state index is 4.84. The predicted molar refractivity (Wildman–Crippen MR) is 110 cm³/mol. The number of rotatable bonds is 13. The predicted octanol–water partition coefficient (Wildman–Crippen LogP) is 6.94. The molecule has 142 valence electrons. The molecule has 1 aromatic rings. The smallest absolute Gasteiger partial charge is 0.132 e. The normalized spacial score (nSPS) is 12.4. The van der Waals surface area contributed by atoms with E-state index < -0.39 is 0 Å². The van der Waals surface area contributed by atoms with E-state index in [1.54, 1.807) is 5.57 Å². The Labute approximate surface area is 156 Å². The molecule has 25 heavy (non-hydrogen) atoms. The van der Waals surface area contributed by atoms with Crippen molar-refractivity contribution in [2.45, 2.75) is 98.8 Å². The molecule has 0 atom stereocenters. The summed E-state index contributed by atoms with van der Waals surface area (Å²) in [5.41, 5.74) is 2.79. The molecule has 2 nitrogen and oxygen atoms in total. The quantitative estimate of drug-likeness (QED) is 0.362. The van der Waals surface area contributed by atoms with Crippen molar-refractivity contribution in [3.63, 3.8) is 0 Å². The molecule has 0 aliphatic rings. The zero-order valence-corrected chi connectivity index (χ0v) is 17.4. The first-order chi connectivity index (χ1) is 12.1. The van der Waals surface area contributed by atoms with E-state index in [2.05, 4.69) is 51.7 Å². The number of allylic oxidation sites excluding steroid dienone is 2. The Kier molecular flexibility index (Phi) is 11.4. The second-order valence-electron chi connectivity index (χ2n) is 7.77. The van der Waals surface area contributed by atoms with Crippen LogP contribution in [0.25, 0.3) is 0 Å². The van der Waals surface area contributed by atoms with Crippen molar-refractivity contribution in [2.24, 2.45) is 11.8 Å². The lowest BCUT2D eigenvalue weighted by atomic mass is 9.87. The van der Waals surface area contributed by atoms with Crippen LogP contribution in [0.4, 0.5) is 0 Å². The first-order valence-electron chi connectivity index (χ1n) is 10.6. The lowest BCUT2D eigenvalue weighted by Gasteiger charge is -2.20. The van der Waals surface area contributed by atoms with Crippen molar-refractivity contribution in [2.75, 3.05) is 0 Å². The van der Waals surface area contributed by atoms with Crippen LogP contribution in [0, 0.1) is 11.8 Å². The van der Waals surface area contributed by atoms with E-state index in [1.165, 1.54) is 57.1 Å². The Hall–Kier alpha value is -1.18. The third-order valence-corrected chi connectivity index (χ3v) is 4.86. The summed E-state index contributed by atoms with van der Waals surface area (Å²) in [7, 11) is 0. The molecule has 1 heterocycles. The van der Waals surface area contributed by atoms with Crippen molar-refractivity contribution in [1.29, 1.82) is 0 Å². The lowest BCUT2D eigenvalue weighted by Crippen LogP contribution is -2.10. The maximum absolute atomic E-state index is 4.84. The number of aryl methyl sites for hydroxylation is 1. The summed E-state index contributed by atoms with van der Waals surface area (Å²) in [4.78, 5) is 9.43. The molecule has 0 saturated heterocycles. The molecule has 0 unspecified atom stereocenters. The van der Waals surface area contributed by atoms with Gasteiger partial charge < -0.3 is 0 Å². The molecule has 0 aliphatic heterocycles. The van der Waals surface area contributed by atoms with E-state index in [4.69, 9.17) is 4.98 Å².